The van der Waals surface area contributed by atoms with Crippen molar-refractivity contribution in [2.24, 2.45) is 29.1 Å². The van der Waals surface area contributed by atoms with E-state index in [1.165, 1.54) is 17.8 Å². The number of nitrogens with zero attached hydrogens (tertiary/aromatic N) is 2. The van der Waals surface area contributed by atoms with Crippen LogP contribution in [-0.2, 0) is 26.5 Å². The van der Waals surface area contributed by atoms with Gasteiger partial charge in [0, 0.05) is 12.5 Å². The van der Waals surface area contributed by atoms with Gasteiger partial charge in [0.15, 0.2) is 15.6 Å². The number of carbonyl (C=O) groups excluding carboxylic acids is 1. The summed E-state index contributed by atoms with van der Waals surface area (Å²) >= 11 is 0. The molecule has 1 aliphatic carbocycles. The van der Waals surface area contributed by atoms with E-state index in [0.29, 0.717) is 19.4 Å². The molecule has 0 radical (unpaired) electrons. The minimum atomic E-state index is -3.83. The zero-order valence-electron chi connectivity index (χ0n) is 19.2. The molecule has 1 saturated carbocycles. The van der Waals surface area contributed by atoms with Crippen molar-refractivity contribution in [3.63, 3.8) is 0 Å². The molecule has 2 aliphatic rings. The Morgan fingerprint density at radius 3 is 2.52 bits per heavy atom. The summed E-state index contributed by atoms with van der Waals surface area (Å²) in [5.41, 5.74) is -0.0565. The smallest absolute Gasteiger partial charge is 0.310 e. The van der Waals surface area contributed by atoms with Gasteiger partial charge < -0.3 is 4.18 Å². The number of rotatable bonds is 6. The summed E-state index contributed by atoms with van der Waals surface area (Å²) in [4.78, 5) is 13.6. The number of hydrogen-bond donors (Lipinski definition) is 0. The normalized spacial score (nSPS) is 32.3. The lowest BCUT2D eigenvalue weighted by Gasteiger charge is -2.53. The van der Waals surface area contributed by atoms with Crippen LogP contribution in [0.2, 0.25) is 0 Å². The van der Waals surface area contributed by atoms with Crippen LogP contribution in [-0.4, -0.2) is 49.2 Å². The first kappa shape index (κ1) is 24.2. The van der Waals surface area contributed by atoms with Crippen LogP contribution in [0.1, 0.15) is 64.7 Å². The second-order valence-corrected chi connectivity index (χ2v) is 13.9. The molecule has 0 spiro atoms. The predicted octanol–water partition coefficient (Wildman–Crippen LogP) is 2.94. The number of hydrogen-bond acceptors (Lipinski definition) is 7. The summed E-state index contributed by atoms with van der Waals surface area (Å²) in [6.45, 7) is 11.7. The highest BCUT2D eigenvalue weighted by atomic mass is 32.2. The van der Waals surface area contributed by atoms with Crippen molar-refractivity contribution in [1.82, 2.24) is 9.78 Å². The molecular formula is C21H34N2O6S2. The average molecular weight is 475 g/mol. The molecule has 1 aliphatic heterocycles. The number of aromatic nitrogens is 2. The van der Waals surface area contributed by atoms with Crippen LogP contribution in [0.15, 0.2) is 6.20 Å². The Balaban J connectivity index is 2.01. The van der Waals surface area contributed by atoms with Gasteiger partial charge in [-0.3, -0.25) is 4.79 Å². The first-order valence-corrected chi connectivity index (χ1v) is 14.3. The Labute approximate surface area is 185 Å². The molecule has 0 aromatic carbocycles. The van der Waals surface area contributed by atoms with Gasteiger partial charge in [-0.25, -0.2) is 13.1 Å². The maximum Gasteiger partial charge on any atom is 0.310 e. The average Bonchev–Trinajstić information content (AvgIpc) is 3.08. The number of carbonyl (C=O) groups is 1. The Hall–Kier alpha value is -1.42. The molecule has 2 heterocycles. The highest BCUT2D eigenvalue weighted by Gasteiger charge is 2.56. The number of aryl methyl sites for hydroxylation is 1. The van der Waals surface area contributed by atoms with Gasteiger partial charge in [-0.1, -0.05) is 27.7 Å². The molecule has 1 aromatic rings. The fourth-order valence-corrected chi connectivity index (χ4v) is 9.17. The standard InChI is InChI=1S/C21H34N2O6S2/c1-7-23-20(29-31(27,28)8-2)16(12-22-23)18(24)15-11-13(3)19-17(14(15)4)21(5,6)9-10-30(19,25)26/h12-15,17,19H,7-11H2,1-6H3. The second kappa shape index (κ2) is 8.17. The van der Waals surface area contributed by atoms with Crippen molar-refractivity contribution in [3.8, 4) is 5.88 Å². The van der Waals surface area contributed by atoms with Gasteiger partial charge >= 0.3 is 10.1 Å². The Kier molecular flexibility index (Phi) is 6.39. The number of sulfone groups is 1. The summed E-state index contributed by atoms with van der Waals surface area (Å²) < 4.78 is 56.7. The van der Waals surface area contributed by atoms with E-state index in [0.717, 1.165) is 0 Å². The van der Waals surface area contributed by atoms with E-state index < -0.39 is 31.1 Å². The van der Waals surface area contributed by atoms with Crippen LogP contribution in [0.3, 0.4) is 0 Å². The molecular weight excluding hydrogens is 440 g/mol. The van der Waals surface area contributed by atoms with Gasteiger partial charge in [-0.2, -0.15) is 13.5 Å². The lowest BCUT2D eigenvalue weighted by molar-refractivity contribution is 0.0281. The van der Waals surface area contributed by atoms with Gasteiger partial charge in [0.25, 0.3) is 0 Å². The van der Waals surface area contributed by atoms with Crippen molar-refractivity contribution >= 4 is 25.7 Å². The van der Waals surface area contributed by atoms with Gasteiger partial charge in [0.05, 0.1) is 23.0 Å². The Bertz CT molecular complexity index is 1060. The molecule has 8 nitrogen and oxygen atoms in total. The number of fused-ring (bicyclic) bond motifs is 1. The van der Waals surface area contributed by atoms with Crippen molar-refractivity contribution in [3.05, 3.63) is 11.8 Å². The SMILES string of the molecule is CCn1ncc(C(=O)C2CC(C)C3C(C2C)C(C)(C)CCS3(=O)=O)c1OS(=O)(=O)CC. The fourth-order valence-electron chi connectivity index (χ4n) is 5.68. The van der Waals surface area contributed by atoms with Gasteiger partial charge in [0.2, 0.25) is 5.88 Å². The second-order valence-electron chi connectivity index (χ2n) is 9.75. The summed E-state index contributed by atoms with van der Waals surface area (Å²) in [5, 5.41) is 3.70. The lowest BCUT2D eigenvalue weighted by atomic mass is 9.57. The third-order valence-electron chi connectivity index (χ3n) is 7.34. The van der Waals surface area contributed by atoms with Gasteiger partial charge in [-0.05, 0) is 49.9 Å². The molecule has 1 aromatic heterocycles. The van der Waals surface area contributed by atoms with Crippen LogP contribution in [0, 0.1) is 29.1 Å². The Morgan fingerprint density at radius 1 is 1.29 bits per heavy atom. The molecule has 31 heavy (non-hydrogen) atoms. The van der Waals surface area contributed by atoms with E-state index in [1.54, 1.807) is 6.92 Å². The Morgan fingerprint density at radius 2 is 1.94 bits per heavy atom. The van der Waals surface area contributed by atoms with Crippen LogP contribution in [0.5, 0.6) is 5.88 Å². The molecule has 5 unspecified atom stereocenters. The lowest BCUT2D eigenvalue weighted by Crippen LogP contribution is -2.57. The molecule has 0 N–H and O–H groups in total. The molecule has 5 atom stereocenters. The summed E-state index contributed by atoms with van der Waals surface area (Å²) in [5.74, 6) is -1.21. The number of ketones is 1. The quantitative estimate of drug-likeness (QED) is 0.460. The predicted molar refractivity (Wildman–Crippen MR) is 118 cm³/mol. The molecule has 0 bridgehead atoms. The zero-order chi connectivity index (χ0) is 23.4. The maximum atomic E-state index is 13.6. The first-order valence-electron chi connectivity index (χ1n) is 11.0. The molecule has 10 heteroatoms. The van der Waals surface area contributed by atoms with E-state index in [9.17, 15) is 21.6 Å². The van der Waals surface area contributed by atoms with E-state index in [4.69, 9.17) is 4.18 Å². The molecule has 2 fully saturated rings. The summed E-state index contributed by atoms with van der Waals surface area (Å²) in [7, 11) is -7.05. The van der Waals surface area contributed by atoms with Crippen LogP contribution in [0.25, 0.3) is 0 Å². The van der Waals surface area contributed by atoms with Crippen LogP contribution in [0.4, 0.5) is 0 Å². The van der Waals surface area contributed by atoms with Crippen LogP contribution < -0.4 is 4.18 Å². The van der Waals surface area contributed by atoms with E-state index in [2.05, 4.69) is 18.9 Å². The molecule has 3 rings (SSSR count). The van der Waals surface area contributed by atoms with Crippen molar-refractivity contribution in [2.75, 3.05) is 11.5 Å². The van der Waals surface area contributed by atoms with E-state index in [-0.39, 0.29) is 51.9 Å². The van der Waals surface area contributed by atoms with E-state index >= 15 is 0 Å². The van der Waals surface area contributed by atoms with Gasteiger partial charge in [0.1, 0.15) is 5.56 Å². The third-order valence-corrected chi connectivity index (χ3v) is 10.8. The van der Waals surface area contributed by atoms with Gasteiger partial charge in [-0.15, -0.1) is 0 Å². The molecule has 0 amide bonds. The van der Waals surface area contributed by atoms with Crippen molar-refractivity contribution < 1.29 is 25.8 Å². The molecule has 1 saturated heterocycles. The maximum absolute atomic E-state index is 13.6. The first-order chi connectivity index (χ1) is 14.3. The van der Waals surface area contributed by atoms with Crippen molar-refractivity contribution in [1.29, 1.82) is 0 Å². The summed E-state index contributed by atoms with van der Waals surface area (Å²) in [6, 6.07) is 0. The summed E-state index contributed by atoms with van der Waals surface area (Å²) in [6.07, 6.45) is 2.39. The monoisotopic (exact) mass is 474 g/mol. The van der Waals surface area contributed by atoms with Crippen LogP contribution >= 0.6 is 0 Å². The topological polar surface area (TPSA) is 112 Å². The highest BCUT2D eigenvalue weighted by molar-refractivity contribution is 7.92. The molecule has 176 valence electrons. The largest absolute Gasteiger partial charge is 0.361 e. The zero-order valence-corrected chi connectivity index (χ0v) is 20.8. The minimum Gasteiger partial charge on any atom is -0.361 e. The highest BCUT2D eigenvalue weighted by Crippen LogP contribution is 2.54. The van der Waals surface area contributed by atoms with Crippen molar-refractivity contribution in [2.45, 2.75) is 66.2 Å². The third kappa shape index (κ3) is 4.29. The fraction of sp³-hybridized carbons (Fsp3) is 0.810. The van der Waals surface area contributed by atoms with E-state index in [1.807, 2.05) is 13.8 Å². The number of Topliss-reactive ketones (excluding diaryl/α,β-unsaturated/α-hetero) is 1. The minimum absolute atomic E-state index is 0.0492.